The highest BCUT2D eigenvalue weighted by Crippen LogP contribution is 2.33. The second-order valence-electron chi connectivity index (χ2n) is 12.2. The van der Waals surface area contributed by atoms with E-state index in [1.54, 1.807) is 7.11 Å². The highest BCUT2D eigenvalue weighted by atomic mass is 16.5. The van der Waals surface area contributed by atoms with Gasteiger partial charge in [0, 0.05) is 58.6 Å². The molecule has 2 unspecified atom stereocenters. The van der Waals surface area contributed by atoms with Gasteiger partial charge in [-0.3, -0.25) is 0 Å². The normalized spacial score (nSPS) is 12.6. The van der Waals surface area contributed by atoms with Crippen molar-refractivity contribution < 1.29 is 29.2 Å². The first-order valence-corrected chi connectivity index (χ1v) is 16.7. The Morgan fingerprint density at radius 1 is 0.653 bits per heavy atom. The van der Waals surface area contributed by atoms with Gasteiger partial charge in [-0.2, -0.15) is 0 Å². The Balaban J connectivity index is 0.000000212. The number of H-pyrrole nitrogens is 2. The lowest BCUT2D eigenvalue weighted by atomic mass is 10.1. The van der Waals surface area contributed by atoms with Gasteiger partial charge in [0.05, 0.1) is 12.6 Å². The summed E-state index contributed by atoms with van der Waals surface area (Å²) in [5.41, 5.74) is 4.26. The summed E-state index contributed by atoms with van der Waals surface area (Å²) in [5, 5.41) is 29.7. The van der Waals surface area contributed by atoms with Gasteiger partial charge in [0.2, 0.25) is 0 Å². The molecule has 260 valence electrons. The van der Waals surface area contributed by atoms with Gasteiger partial charge in [-0.25, -0.2) is 0 Å². The van der Waals surface area contributed by atoms with Gasteiger partial charge in [0.1, 0.15) is 43.5 Å². The summed E-state index contributed by atoms with van der Waals surface area (Å²) in [6, 6.07) is 29.9. The number of aromatic nitrogens is 2. The van der Waals surface area contributed by atoms with Crippen LogP contribution in [0.2, 0.25) is 0 Å². The molecule has 0 bridgehead atoms. The van der Waals surface area contributed by atoms with Gasteiger partial charge in [-0.05, 0) is 55.5 Å². The van der Waals surface area contributed by atoms with E-state index in [0.29, 0.717) is 50.4 Å². The summed E-state index contributed by atoms with van der Waals surface area (Å²) in [4.78, 5) is 6.67. The Bertz CT molecular complexity index is 1900. The fourth-order valence-electron chi connectivity index (χ4n) is 5.48. The topological polar surface area (TPSA) is 133 Å². The van der Waals surface area contributed by atoms with Gasteiger partial charge in [0.15, 0.2) is 11.5 Å². The summed E-state index contributed by atoms with van der Waals surface area (Å²) in [6.45, 7) is 8.66. The van der Waals surface area contributed by atoms with Crippen molar-refractivity contribution in [2.24, 2.45) is 0 Å². The number of hydrogen-bond acceptors (Lipinski definition) is 8. The van der Waals surface area contributed by atoms with E-state index in [-0.39, 0.29) is 6.61 Å². The molecule has 10 nitrogen and oxygen atoms in total. The standard InChI is InChI=1S/C24H26N2O4.C15H22N2O2/c1-28-21-10-4-5-11-22(21)29-14-13-25-15-17(27)16-30-23-12-6-9-20-24(23)18-7-2-3-8-19(18)26-20;1-10(2)16-8-12(18)9-19-15-6-4-5-14-13(15)7-11(3)17-14/h2-12,17,25-27H,13-16H2,1H3;4-7,10,12,16-18H,8-9H2,1-3H3. The zero-order chi connectivity index (χ0) is 34.6. The molecule has 0 radical (unpaired) electrons. The number of aromatic amines is 2. The lowest BCUT2D eigenvalue weighted by Gasteiger charge is -2.15. The van der Waals surface area contributed by atoms with Gasteiger partial charge in [-0.15, -0.1) is 0 Å². The van der Waals surface area contributed by atoms with Crippen molar-refractivity contribution in [3.8, 4) is 23.0 Å². The third-order valence-electron chi connectivity index (χ3n) is 7.86. The molecule has 6 N–H and O–H groups in total. The fourth-order valence-corrected chi connectivity index (χ4v) is 5.48. The molecule has 2 atom stereocenters. The van der Waals surface area contributed by atoms with Crippen LogP contribution in [-0.2, 0) is 0 Å². The van der Waals surface area contributed by atoms with Gasteiger partial charge in [-0.1, -0.05) is 56.3 Å². The van der Waals surface area contributed by atoms with Crippen LogP contribution in [0.25, 0.3) is 32.7 Å². The average molecular weight is 669 g/mol. The van der Waals surface area contributed by atoms with Crippen LogP contribution in [0.1, 0.15) is 19.5 Å². The maximum atomic E-state index is 10.3. The SMILES string of the molecule is COc1ccccc1OCCNCC(O)COc1cccc2[nH]c3ccccc3c12.Cc1cc2c(OCC(O)CNC(C)C)cccc2[nH]1. The van der Waals surface area contributed by atoms with Crippen LogP contribution in [0.4, 0.5) is 0 Å². The number of methoxy groups -OCH3 is 1. The Kier molecular flexibility index (Phi) is 12.8. The Hall–Kier alpha value is -4.74. The minimum absolute atomic E-state index is 0.207. The number of benzene rings is 4. The molecular formula is C39H48N4O6. The van der Waals surface area contributed by atoms with E-state index < -0.39 is 12.2 Å². The summed E-state index contributed by atoms with van der Waals surface area (Å²) in [6.07, 6.45) is -1.13. The highest BCUT2D eigenvalue weighted by molar-refractivity contribution is 6.10. The minimum Gasteiger partial charge on any atom is -0.493 e. The molecule has 49 heavy (non-hydrogen) atoms. The zero-order valence-electron chi connectivity index (χ0n) is 28.7. The van der Waals surface area contributed by atoms with Crippen molar-refractivity contribution >= 4 is 32.7 Å². The number of aliphatic hydroxyl groups is 2. The fraction of sp³-hybridized carbons (Fsp3) is 0.333. The number of aryl methyl sites for hydroxylation is 1. The Labute approximate surface area is 287 Å². The van der Waals surface area contributed by atoms with E-state index in [1.807, 2.05) is 85.8 Å². The lowest BCUT2D eigenvalue weighted by Crippen LogP contribution is -2.35. The predicted molar refractivity (Wildman–Crippen MR) is 196 cm³/mol. The number of para-hydroxylation sites is 3. The van der Waals surface area contributed by atoms with Crippen molar-refractivity contribution in [1.82, 2.24) is 20.6 Å². The van der Waals surface area contributed by atoms with Crippen LogP contribution >= 0.6 is 0 Å². The Morgan fingerprint density at radius 2 is 1.27 bits per heavy atom. The molecule has 0 aliphatic carbocycles. The van der Waals surface area contributed by atoms with Crippen molar-refractivity contribution in [1.29, 1.82) is 0 Å². The molecule has 0 saturated carbocycles. The summed E-state index contributed by atoms with van der Waals surface area (Å²) >= 11 is 0. The number of ether oxygens (including phenoxy) is 4. The third-order valence-corrected chi connectivity index (χ3v) is 7.86. The van der Waals surface area contributed by atoms with Crippen molar-refractivity contribution in [3.63, 3.8) is 0 Å². The first-order valence-electron chi connectivity index (χ1n) is 16.7. The molecule has 0 spiro atoms. The van der Waals surface area contributed by atoms with Crippen LogP contribution in [0.15, 0.2) is 91.0 Å². The first kappa shape index (κ1) is 35.6. The third kappa shape index (κ3) is 9.90. The van der Waals surface area contributed by atoms with Crippen LogP contribution in [0.5, 0.6) is 23.0 Å². The number of fused-ring (bicyclic) bond motifs is 4. The van der Waals surface area contributed by atoms with E-state index >= 15 is 0 Å². The van der Waals surface area contributed by atoms with Crippen LogP contribution in [0, 0.1) is 6.92 Å². The molecule has 6 aromatic rings. The molecule has 0 aliphatic rings. The van der Waals surface area contributed by atoms with E-state index in [1.165, 1.54) is 0 Å². The first-order chi connectivity index (χ1) is 23.8. The summed E-state index contributed by atoms with van der Waals surface area (Å²) in [5.74, 6) is 2.99. The molecule has 0 amide bonds. The number of nitrogens with one attached hydrogen (secondary N) is 4. The molecule has 2 aromatic heterocycles. The second-order valence-corrected chi connectivity index (χ2v) is 12.2. The summed E-state index contributed by atoms with van der Waals surface area (Å²) in [7, 11) is 1.62. The van der Waals surface area contributed by atoms with E-state index in [4.69, 9.17) is 18.9 Å². The molecule has 4 aromatic carbocycles. The van der Waals surface area contributed by atoms with Gasteiger partial charge < -0.3 is 49.8 Å². The number of hydrogen-bond donors (Lipinski definition) is 6. The number of aliphatic hydroxyl groups excluding tert-OH is 2. The molecular weight excluding hydrogens is 620 g/mol. The van der Waals surface area contributed by atoms with E-state index in [0.717, 1.165) is 49.9 Å². The monoisotopic (exact) mass is 668 g/mol. The molecule has 10 heteroatoms. The number of rotatable bonds is 16. The molecule has 0 saturated heterocycles. The van der Waals surface area contributed by atoms with Gasteiger partial charge >= 0.3 is 0 Å². The van der Waals surface area contributed by atoms with E-state index in [9.17, 15) is 10.2 Å². The zero-order valence-corrected chi connectivity index (χ0v) is 28.7. The van der Waals surface area contributed by atoms with Crippen LogP contribution in [0.3, 0.4) is 0 Å². The summed E-state index contributed by atoms with van der Waals surface area (Å²) < 4.78 is 22.6. The highest BCUT2D eigenvalue weighted by Gasteiger charge is 2.12. The maximum Gasteiger partial charge on any atom is 0.161 e. The average Bonchev–Trinajstić information content (AvgIpc) is 3.69. The van der Waals surface area contributed by atoms with Crippen molar-refractivity contribution in [2.45, 2.75) is 39.0 Å². The maximum absolute atomic E-state index is 10.3. The Morgan fingerprint density at radius 3 is 2.04 bits per heavy atom. The predicted octanol–water partition coefficient (Wildman–Crippen LogP) is 5.95. The lowest BCUT2D eigenvalue weighted by molar-refractivity contribution is 0.105. The molecule has 6 rings (SSSR count). The van der Waals surface area contributed by atoms with Gasteiger partial charge in [0.25, 0.3) is 0 Å². The van der Waals surface area contributed by atoms with Crippen LogP contribution in [-0.4, -0.2) is 85.0 Å². The molecule has 2 heterocycles. The van der Waals surface area contributed by atoms with Crippen LogP contribution < -0.4 is 29.6 Å². The molecule has 0 fully saturated rings. The molecule has 0 aliphatic heterocycles. The largest absolute Gasteiger partial charge is 0.493 e. The van der Waals surface area contributed by atoms with Crippen molar-refractivity contribution in [3.05, 3.63) is 96.7 Å². The quantitative estimate of drug-likeness (QED) is 0.0698. The smallest absolute Gasteiger partial charge is 0.161 e. The van der Waals surface area contributed by atoms with E-state index in [2.05, 4.69) is 46.6 Å². The van der Waals surface area contributed by atoms with Crippen molar-refractivity contribution in [2.75, 3.05) is 46.6 Å². The minimum atomic E-state index is -0.628. The second kappa shape index (κ2) is 17.6.